The Morgan fingerprint density at radius 3 is 2.48 bits per heavy atom. The van der Waals surface area contributed by atoms with Crippen LogP contribution in [0.1, 0.15) is 36.3 Å². The number of hydrogen-bond acceptors (Lipinski definition) is 4. The summed E-state index contributed by atoms with van der Waals surface area (Å²) in [7, 11) is -1.28. The van der Waals surface area contributed by atoms with E-state index in [1.807, 2.05) is 6.92 Å². The molecule has 0 saturated heterocycles. The second-order valence-electron chi connectivity index (χ2n) is 4.84. The number of H-pyrrole nitrogens is 1. The first kappa shape index (κ1) is 17.5. The normalized spacial score (nSPS) is 14.5. The van der Waals surface area contributed by atoms with Gasteiger partial charge in [-0.1, -0.05) is 19.1 Å². The second-order valence-corrected chi connectivity index (χ2v) is 6.59. The Bertz CT molecular complexity index is 671. The molecule has 23 heavy (non-hydrogen) atoms. The van der Waals surface area contributed by atoms with Gasteiger partial charge in [0.2, 0.25) is 0 Å². The maximum absolute atomic E-state index is 12.3. The van der Waals surface area contributed by atoms with Gasteiger partial charge >= 0.3 is 6.36 Å². The SMILES string of the molecule is CCc1n[nH]c(C[S@](=O)[C@H](C)c2ccc(OC(F)(F)F)cc2)n1. The van der Waals surface area contributed by atoms with Gasteiger partial charge in [0.1, 0.15) is 17.4 Å². The maximum atomic E-state index is 12.3. The lowest BCUT2D eigenvalue weighted by molar-refractivity contribution is -0.274. The van der Waals surface area contributed by atoms with Gasteiger partial charge in [-0.2, -0.15) is 5.10 Å². The van der Waals surface area contributed by atoms with E-state index in [2.05, 4.69) is 19.9 Å². The molecule has 1 aromatic carbocycles. The van der Waals surface area contributed by atoms with E-state index in [-0.39, 0.29) is 16.8 Å². The number of aromatic amines is 1. The highest BCUT2D eigenvalue weighted by molar-refractivity contribution is 7.84. The largest absolute Gasteiger partial charge is 0.573 e. The molecule has 0 saturated carbocycles. The number of hydrogen-bond donors (Lipinski definition) is 1. The number of nitrogens with one attached hydrogen (secondary N) is 1. The lowest BCUT2D eigenvalue weighted by atomic mass is 10.2. The van der Waals surface area contributed by atoms with Gasteiger partial charge < -0.3 is 4.74 Å². The molecule has 2 aromatic rings. The summed E-state index contributed by atoms with van der Waals surface area (Å²) in [5.74, 6) is 1.08. The summed E-state index contributed by atoms with van der Waals surface area (Å²) in [6, 6.07) is 5.36. The zero-order valence-electron chi connectivity index (χ0n) is 12.6. The van der Waals surface area contributed by atoms with Crippen molar-refractivity contribution in [3.05, 3.63) is 41.5 Å². The molecule has 0 fully saturated rings. The fourth-order valence-electron chi connectivity index (χ4n) is 1.91. The third-order valence-corrected chi connectivity index (χ3v) is 4.77. The second kappa shape index (κ2) is 7.12. The third kappa shape index (κ3) is 5.05. The Morgan fingerprint density at radius 1 is 1.30 bits per heavy atom. The third-order valence-electron chi connectivity index (χ3n) is 3.15. The van der Waals surface area contributed by atoms with Crippen LogP contribution in [0.3, 0.4) is 0 Å². The Morgan fingerprint density at radius 2 is 1.96 bits per heavy atom. The molecule has 1 aromatic heterocycles. The van der Waals surface area contributed by atoms with Gasteiger partial charge in [-0.25, -0.2) is 4.98 Å². The molecule has 0 spiro atoms. The maximum Gasteiger partial charge on any atom is 0.573 e. The van der Waals surface area contributed by atoms with Gasteiger partial charge in [0.05, 0.1) is 11.0 Å². The average molecular weight is 347 g/mol. The van der Waals surface area contributed by atoms with Gasteiger partial charge in [0.25, 0.3) is 0 Å². The lowest BCUT2D eigenvalue weighted by Crippen LogP contribution is -2.17. The standard InChI is InChI=1S/C14H16F3N3O2S/c1-3-12-18-13(20-19-12)8-23(21)9(2)10-4-6-11(7-5-10)22-14(15,16)17/h4-7,9H,3,8H2,1-2H3,(H,18,19,20)/t9-,23+/m1/s1. The summed E-state index contributed by atoms with van der Waals surface area (Å²) in [6.45, 7) is 3.66. The average Bonchev–Trinajstić information content (AvgIpc) is 2.93. The predicted octanol–water partition coefficient (Wildman–Crippen LogP) is 3.28. The van der Waals surface area contributed by atoms with Crippen molar-refractivity contribution in [3.8, 4) is 5.75 Å². The van der Waals surface area contributed by atoms with Gasteiger partial charge in [0, 0.05) is 17.2 Å². The van der Waals surface area contributed by atoms with E-state index in [9.17, 15) is 17.4 Å². The Kier molecular flexibility index (Phi) is 5.40. The highest BCUT2D eigenvalue weighted by Crippen LogP contribution is 2.26. The van der Waals surface area contributed by atoms with E-state index in [0.717, 1.165) is 0 Å². The van der Waals surface area contributed by atoms with Crippen LogP contribution in [0.4, 0.5) is 13.2 Å². The van der Waals surface area contributed by atoms with E-state index in [1.165, 1.54) is 24.3 Å². The minimum atomic E-state index is -4.72. The number of rotatable bonds is 6. The smallest absolute Gasteiger partial charge is 0.406 e. The summed E-state index contributed by atoms with van der Waals surface area (Å²) >= 11 is 0. The highest BCUT2D eigenvalue weighted by Gasteiger charge is 2.31. The van der Waals surface area contributed by atoms with E-state index in [0.29, 0.717) is 23.6 Å². The molecule has 2 atom stereocenters. The number of aryl methyl sites for hydroxylation is 1. The first-order valence-electron chi connectivity index (χ1n) is 6.91. The van der Waals surface area contributed by atoms with Gasteiger partial charge in [-0.3, -0.25) is 9.31 Å². The van der Waals surface area contributed by atoms with E-state index in [4.69, 9.17) is 0 Å². The molecular formula is C14H16F3N3O2S. The van der Waals surface area contributed by atoms with Crippen LogP contribution in [0.2, 0.25) is 0 Å². The van der Waals surface area contributed by atoms with E-state index in [1.54, 1.807) is 6.92 Å². The first-order valence-corrected chi connectivity index (χ1v) is 8.29. The van der Waals surface area contributed by atoms with Crippen molar-refractivity contribution in [2.45, 2.75) is 37.6 Å². The summed E-state index contributed by atoms with van der Waals surface area (Å²) in [5, 5.41) is 6.35. The topological polar surface area (TPSA) is 67.9 Å². The van der Waals surface area contributed by atoms with Crippen LogP contribution in [-0.2, 0) is 23.0 Å². The van der Waals surface area contributed by atoms with E-state index < -0.39 is 17.2 Å². The molecule has 0 unspecified atom stereocenters. The van der Waals surface area contributed by atoms with Crippen molar-refractivity contribution < 1.29 is 22.1 Å². The van der Waals surface area contributed by atoms with Crippen LogP contribution in [0.25, 0.3) is 0 Å². The Balaban J connectivity index is 2.01. The molecule has 0 bridgehead atoms. The van der Waals surface area contributed by atoms with Gasteiger partial charge in [-0.15, -0.1) is 13.2 Å². The van der Waals surface area contributed by atoms with Crippen molar-refractivity contribution in [1.82, 2.24) is 15.2 Å². The monoisotopic (exact) mass is 347 g/mol. The quantitative estimate of drug-likeness (QED) is 0.871. The van der Waals surface area contributed by atoms with Crippen LogP contribution in [-0.4, -0.2) is 25.8 Å². The fourth-order valence-corrected chi connectivity index (χ4v) is 3.02. The van der Waals surface area contributed by atoms with Crippen LogP contribution in [0.15, 0.2) is 24.3 Å². The van der Waals surface area contributed by atoms with Crippen molar-refractivity contribution in [1.29, 1.82) is 0 Å². The minimum absolute atomic E-state index is 0.203. The molecule has 0 aliphatic carbocycles. The molecule has 5 nitrogen and oxygen atoms in total. The molecule has 0 radical (unpaired) electrons. The Hall–Kier alpha value is -1.90. The zero-order chi connectivity index (χ0) is 17.0. The molecular weight excluding hydrogens is 331 g/mol. The summed E-state index contributed by atoms with van der Waals surface area (Å²) in [4.78, 5) is 4.19. The van der Waals surface area contributed by atoms with Crippen molar-refractivity contribution in [3.63, 3.8) is 0 Å². The number of alkyl halides is 3. The number of aromatic nitrogens is 3. The number of nitrogens with zero attached hydrogens (tertiary/aromatic N) is 2. The first-order chi connectivity index (χ1) is 10.8. The summed E-state index contributed by atoms with van der Waals surface area (Å²) in [5.41, 5.74) is 0.660. The molecule has 0 aliphatic heterocycles. The molecule has 0 amide bonds. The van der Waals surface area contributed by atoms with Crippen molar-refractivity contribution in [2.24, 2.45) is 0 Å². The minimum Gasteiger partial charge on any atom is -0.406 e. The van der Waals surface area contributed by atoms with Crippen LogP contribution >= 0.6 is 0 Å². The summed E-state index contributed by atoms with van der Waals surface area (Å²) < 4.78 is 52.5. The highest BCUT2D eigenvalue weighted by atomic mass is 32.2. The van der Waals surface area contributed by atoms with Crippen molar-refractivity contribution in [2.75, 3.05) is 0 Å². The van der Waals surface area contributed by atoms with Gasteiger partial charge in [0.15, 0.2) is 0 Å². The lowest BCUT2D eigenvalue weighted by Gasteiger charge is -2.13. The van der Waals surface area contributed by atoms with E-state index >= 15 is 0 Å². The number of ether oxygens (including phenoxy) is 1. The van der Waals surface area contributed by atoms with Crippen molar-refractivity contribution >= 4 is 10.8 Å². The molecule has 0 aliphatic rings. The molecule has 1 heterocycles. The molecule has 1 N–H and O–H groups in total. The van der Waals surface area contributed by atoms with Gasteiger partial charge in [-0.05, 0) is 24.6 Å². The zero-order valence-corrected chi connectivity index (χ0v) is 13.4. The molecule has 126 valence electrons. The predicted molar refractivity (Wildman–Crippen MR) is 79.1 cm³/mol. The molecule has 2 rings (SSSR count). The van der Waals surface area contributed by atoms with Crippen LogP contribution in [0, 0.1) is 0 Å². The number of halogens is 3. The van der Waals surface area contributed by atoms with Crippen LogP contribution in [0.5, 0.6) is 5.75 Å². The Labute approximate surface area is 133 Å². The van der Waals surface area contributed by atoms with Crippen LogP contribution < -0.4 is 4.74 Å². The number of benzene rings is 1. The molecule has 9 heteroatoms. The summed E-state index contributed by atoms with van der Waals surface area (Å²) in [6.07, 6.45) is -4.04. The fraction of sp³-hybridized carbons (Fsp3) is 0.429.